The number of carboxylic acids is 2. The number of carbonyl (C=O) groups excluding carboxylic acids is 1. The SMILES string of the molecule is C[C@]12CC[C@@H]3c4cc(C(N)CCN)c(OCC(=O)O)cc4CC[C@H]3[C@@H]1C[C@@H](O)[C@@H]2O.O=C(O)c1ccc2c(c1)C1(OC2=O)c2ccc(O)cc2Oc2cc(O)ccc21. The van der Waals surface area contributed by atoms with Crippen molar-refractivity contribution in [2.24, 2.45) is 28.7 Å². The Bertz CT molecular complexity index is 2280. The summed E-state index contributed by atoms with van der Waals surface area (Å²) in [4.78, 5) is 35.2. The highest BCUT2D eigenvalue weighted by atomic mass is 16.6. The number of rotatable bonds is 7. The second kappa shape index (κ2) is 14.6. The first kappa shape index (κ1) is 39.2. The maximum Gasteiger partial charge on any atom is 0.341 e. The van der Waals surface area contributed by atoms with E-state index in [1.807, 2.05) is 6.07 Å². The summed E-state index contributed by atoms with van der Waals surface area (Å²) in [6, 6.07) is 16.7. The number of carboxylic acid groups (broad SMARTS) is 2. The number of aryl methyl sites for hydroxylation is 1. The van der Waals surface area contributed by atoms with Crippen LogP contribution in [-0.2, 0) is 21.6 Å². The van der Waals surface area contributed by atoms with Gasteiger partial charge >= 0.3 is 17.9 Å². The fourth-order valence-corrected chi connectivity index (χ4v) is 10.3. The monoisotopic (exact) mass is 794 g/mol. The van der Waals surface area contributed by atoms with E-state index in [0.717, 1.165) is 31.2 Å². The number of aliphatic carboxylic acids is 1. The molecule has 2 aliphatic heterocycles. The number of benzene rings is 4. The Hall–Kier alpha value is -5.67. The van der Waals surface area contributed by atoms with Gasteiger partial charge in [0, 0.05) is 40.4 Å². The van der Waals surface area contributed by atoms with Crippen LogP contribution >= 0.6 is 0 Å². The Morgan fingerprint density at radius 3 is 2.26 bits per heavy atom. The van der Waals surface area contributed by atoms with Gasteiger partial charge in [-0.25, -0.2) is 14.4 Å². The first-order chi connectivity index (χ1) is 27.7. The zero-order valence-corrected chi connectivity index (χ0v) is 31.8. The Kier molecular flexibility index (Phi) is 9.87. The van der Waals surface area contributed by atoms with Crippen molar-refractivity contribution in [3.05, 3.63) is 111 Å². The number of aliphatic hydroxyl groups excluding tert-OH is 2. The number of hydrogen-bond acceptors (Lipinski definition) is 12. The highest BCUT2D eigenvalue weighted by molar-refractivity contribution is 5.99. The molecule has 2 saturated carbocycles. The third kappa shape index (κ3) is 6.31. The van der Waals surface area contributed by atoms with Crippen LogP contribution in [0.2, 0.25) is 0 Å². The normalized spacial score (nSPS) is 25.9. The highest BCUT2D eigenvalue weighted by Gasteiger charge is 2.58. The second-order valence-electron chi connectivity index (χ2n) is 16.3. The van der Waals surface area contributed by atoms with Gasteiger partial charge in [0.05, 0.1) is 23.3 Å². The molecule has 0 saturated heterocycles. The van der Waals surface area contributed by atoms with Crippen LogP contribution in [0, 0.1) is 17.3 Å². The minimum Gasteiger partial charge on any atom is -0.508 e. The van der Waals surface area contributed by atoms with Crippen molar-refractivity contribution >= 4 is 17.9 Å². The Morgan fingerprint density at radius 1 is 0.931 bits per heavy atom. The van der Waals surface area contributed by atoms with E-state index in [-0.39, 0.29) is 45.6 Å². The molecule has 1 unspecified atom stereocenters. The number of esters is 1. The molecule has 0 amide bonds. The Morgan fingerprint density at radius 2 is 1.62 bits per heavy atom. The van der Waals surface area contributed by atoms with Gasteiger partial charge in [-0.3, -0.25) is 0 Å². The van der Waals surface area contributed by atoms with Gasteiger partial charge in [0.1, 0.15) is 28.7 Å². The van der Waals surface area contributed by atoms with Crippen LogP contribution in [0.1, 0.15) is 105 Å². The summed E-state index contributed by atoms with van der Waals surface area (Å²) in [6.45, 7) is 2.18. The van der Waals surface area contributed by atoms with Gasteiger partial charge in [-0.2, -0.15) is 0 Å². The molecule has 3 aliphatic carbocycles. The molecule has 0 aromatic heterocycles. The lowest BCUT2D eigenvalue weighted by Gasteiger charge is -2.50. The summed E-state index contributed by atoms with van der Waals surface area (Å²) < 4.78 is 17.3. The van der Waals surface area contributed by atoms with Gasteiger partial charge in [0.25, 0.3) is 0 Å². The Balaban J connectivity index is 0.000000162. The summed E-state index contributed by atoms with van der Waals surface area (Å²) >= 11 is 0. The van der Waals surface area contributed by atoms with E-state index < -0.39 is 42.3 Å². The third-order valence-corrected chi connectivity index (χ3v) is 13.1. The van der Waals surface area contributed by atoms with E-state index >= 15 is 0 Å². The van der Waals surface area contributed by atoms with Crippen LogP contribution < -0.4 is 20.9 Å². The molecule has 0 radical (unpaired) electrons. The lowest BCUT2D eigenvalue weighted by molar-refractivity contribution is -0.139. The first-order valence-corrected chi connectivity index (χ1v) is 19.4. The average molecular weight is 795 g/mol. The minimum atomic E-state index is -1.46. The number of nitrogens with two attached hydrogens (primary N) is 2. The quantitative estimate of drug-likeness (QED) is 0.114. The molecule has 5 aliphatic rings. The molecule has 4 aromatic rings. The molecule has 2 fully saturated rings. The zero-order valence-electron chi connectivity index (χ0n) is 31.8. The number of aliphatic hydroxyl groups is 2. The fourth-order valence-electron chi connectivity index (χ4n) is 10.3. The number of phenolic OH excluding ortho intramolecular Hbond substituents is 2. The lowest BCUT2D eigenvalue weighted by Crippen LogP contribution is -2.44. The molecular formula is C44H46N2O12. The lowest BCUT2D eigenvalue weighted by atomic mass is 9.55. The zero-order chi connectivity index (χ0) is 41.3. The van der Waals surface area contributed by atoms with Crippen molar-refractivity contribution in [3.8, 4) is 28.7 Å². The van der Waals surface area contributed by atoms with E-state index in [1.54, 1.807) is 12.1 Å². The summed E-state index contributed by atoms with van der Waals surface area (Å²) in [5.74, 6) is -0.763. The van der Waals surface area contributed by atoms with Gasteiger partial charge in [-0.15, -0.1) is 0 Å². The van der Waals surface area contributed by atoms with E-state index in [2.05, 4.69) is 13.0 Å². The van der Waals surface area contributed by atoms with Gasteiger partial charge < -0.3 is 56.3 Å². The standard InChI is InChI=1S/C23H34N2O5.C21H12O7/c1-23-6-4-13-14(17(23)10-19(26)22(23)29)3-2-12-8-20(30-11-21(27)28)16(9-15(12)13)18(25)5-7-24;22-11-2-5-14-17(8-11)27-18-9-12(23)3-6-15(18)21(14)16-7-10(19(24)25)1-4-13(16)20(26)28-21/h8-9,13-14,17-19,22,26,29H,2-7,10-11,24-25H2,1H3,(H,27,28);1-9,22-23H,(H,24,25)/t13-,14+,17-,18?,19+,22-,23-;/m0./s1. The van der Waals surface area contributed by atoms with E-state index in [1.165, 1.54) is 53.6 Å². The van der Waals surface area contributed by atoms with Crippen LogP contribution in [0.5, 0.6) is 28.7 Å². The van der Waals surface area contributed by atoms with E-state index in [0.29, 0.717) is 59.6 Å². The van der Waals surface area contributed by atoms with Crippen LogP contribution in [0.4, 0.5) is 0 Å². The first-order valence-electron chi connectivity index (χ1n) is 19.4. The number of fused-ring (bicyclic) bond motifs is 11. The van der Waals surface area contributed by atoms with Crippen LogP contribution in [0.3, 0.4) is 0 Å². The van der Waals surface area contributed by atoms with Crippen molar-refractivity contribution in [1.82, 2.24) is 0 Å². The highest BCUT2D eigenvalue weighted by Crippen LogP contribution is 2.61. The summed E-state index contributed by atoms with van der Waals surface area (Å²) in [6.07, 6.45) is 3.70. The summed E-state index contributed by atoms with van der Waals surface area (Å²) in [5, 5.41) is 59.2. The van der Waals surface area contributed by atoms with Crippen molar-refractivity contribution in [3.63, 3.8) is 0 Å². The van der Waals surface area contributed by atoms with Gasteiger partial charge in [-0.1, -0.05) is 6.92 Å². The van der Waals surface area contributed by atoms with Crippen molar-refractivity contribution < 1.29 is 59.2 Å². The predicted octanol–water partition coefficient (Wildman–Crippen LogP) is 5.05. The van der Waals surface area contributed by atoms with Gasteiger partial charge in [-0.05, 0) is 134 Å². The molecular weight excluding hydrogens is 748 g/mol. The van der Waals surface area contributed by atoms with Crippen LogP contribution in [-0.4, -0.2) is 73.9 Å². The van der Waals surface area contributed by atoms with E-state index in [4.69, 9.17) is 30.8 Å². The molecule has 9 rings (SSSR count). The molecule has 10 N–H and O–H groups in total. The largest absolute Gasteiger partial charge is 0.508 e. The molecule has 14 heteroatoms. The maximum absolute atomic E-state index is 12.7. The molecule has 58 heavy (non-hydrogen) atoms. The van der Waals surface area contributed by atoms with Gasteiger partial charge in [0.15, 0.2) is 12.2 Å². The van der Waals surface area contributed by atoms with Crippen molar-refractivity contribution in [2.45, 2.75) is 75.2 Å². The molecule has 7 atom stereocenters. The fraction of sp³-hybridized carbons (Fsp3) is 0.386. The maximum atomic E-state index is 12.7. The molecule has 14 nitrogen and oxygen atoms in total. The Labute approximate surface area is 333 Å². The number of phenols is 2. The van der Waals surface area contributed by atoms with Gasteiger partial charge in [0.2, 0.25) is 0 Å². The summed E-state index contributed by atoms with van der Waals surface area (Å²) in [5.41, 5.74) is 15.2. The number of carbonyl (C=O) groups is 3. The van der Waals surface area contributed by atoms with E-state index in [9.17, 15) is 39.9 Å². The second-order valence-corrected chi connectivity index (χ2v) is 16.3. The van der Waals surface area contributed by atoms with Crippen molar-refractivity contribution in [2.75, 3.05) is 13.2 Å². The number of aromatic hydroxyl groups is 2. The smallest absolute Gasteiger partial charge is 0.341 e. The molecule has 0 bridgehead atoms. The van der Waals surface area contributed by atoms with Crippen LogP contribution in [0.15, 0.2) is 66.7 Å². The summed E-state index contributed by atoms with van der Waals surface area (Å²) in [7, 11) is 0. The third-order valence-electron chi connectivity index (χ3n) is 13.1. The van der Waals surface area contributed by atoms with Crippen molar-refractivity contribution in [1.29, 1.82) is 0 Å². The minimum absolute atomic E-state index is 0.00331. The molecule has 2 heterocycles. The number of hydrogen-bond donors (Lipinski definition) is 8. The molecule has 4 aromatic carbocycles. The molecule has 304 valence electrons. The topological polar surface area (TPSA) is 252 Å². The van der Waals surface area contributed by atoms with Crippen LogP contribution in [0.25, 0.3) is 0 Å². The predicted molar refractivity (Wildman–Crippen MR) is 207 cm³/mol. The molecule has 1 spiro atoms. The number of aromatic carboxylic acids is 1. The number of ether oxygens (including phenoxy) is 3. The average Bonchev–Trinajstić information content (AvgIpc) is 3.61.